The lowest BCUT2D eigenvalue weighted by Gasteiger charge is -2.46. The highest BCUT2D eigenvalue weighted by molar-refractivity contribution is 6.17. The van der Waals surface area contributed by atoms with Crippen LogP contribution in [-0.4, -0.2) is 46.7 Å². The Morgan fingerprint density at radius 2 is 1.86 bits per heavy atom. The lowest BCUT2D eigenvalue weighted by atomic mass is 9.81. The number of hydrogen-bond donors (Lipinski definition) is 0. The Hall–Kier alpha value is -3.88. The summed E-state index contributed by atoms with van der Waals surface area (Å²) in [6.07, 6.45) is 3.48. The molecular weight excluding hydrogens is 472 g/mol. The van der Waals surface area contributed by atoms with Gasteiger partial charge in [0, 0.05) is 11.6 Å². The monoisotopic (exact) mass is 504 g/mol. The smallest absolute Gasteiger partial charge is 0.332 e. The van der Waals surface area contributed by atoms with E-state index in [0.29, 0.717) is 41.1 Å². The van der Waals surface area contributed by atoms with Gasteiger partial charge in [0.2, 0.25) is 17.6 Å². The van der Waals surface area contributed by atoms with Gasteiger partial charge in [0.05, 0.1) is 25.3 Å². The Morgan fingerprint density at radius 1 is 1.05 bits per heavy atom. The summed E-state index contributed by atoms with van der Waals surface area (Å²) in [6, 6.07) is 10.7. The predicted octanol–water partition coefficient (Wildman–Crippen LogP) is 5.29. The molecule has 1 aliphatic heterocycles. The fraction of sp³-hybridized carbons (Fsp3) is 0.429. The number of aromatic nitrogens is 2. The van der Waals surface area contributed by atoms with Gasteiger partial charge in [0.1, 0.15) is 6.54 Å². The summed E-state index contributed by atoms with van der Waals surface area (Å²) < 4.78 is 16.6. The molecule has 37 heavy (non-hydrogen) atoms. The molecule has 194 valence electrons. The first-order chi connectivity index (χ1) is 17.9. The number of anilines is 1. The number of hydrogen-bond acceptors (Lipinski definition) is 7. The molecule has 2 aromatic carbocycles. The van der Waals surface area contributed by atoms with Crippen LogP contribution in [0.25, 0.3) is 11.4 Å². The molecule has 2 fully saturated rings. The number of aryl methyl sites for hydroxylation is 2. The second-order valence-corrected chi connectivity index (χ2v) is 9.64. The molecule has 0 N–H and O–H groups in total. The molecule has 0 spiro atoms. The SMILES string of the molecule is CCOc1ccc(-c2noc(CN3C(=O)N(c4cc(C)ccc4C)C(=O)C4CCCCC43)n2)cc1OC. The molecule has 2 heterocycles. The fourth-order valence-corrected chi connectivity index (χ4v) is 5.33. The molecule has 3 amide bonds. The highest BCUT2D eigenvalue weighted by atomic mass is 16.5. The first kappa shape index (κ1) is 24.8. The Kier molecular flexibility index (Phi) is 6.86. The molecule has 2 aliphatic rings. The van der Waals surface area contributed by atoms with E-state index in [-0.39, 0.29) is 30.4 Å². The number of benzene rings is 2. The lowest BCUT2D eigenvalue weighted by Crippen LogP contribution is -2.62. The van der Waals surface area contributed by atoms with Crippen LogP contribution in [0.2, 0.25) is 0 Å². The van der Waals surface area contributed by atoms with E-state index in [0.717, 1.165) is 36.8 Å². The van der Waals surface area contributed by atoms with Crippen molar-refractivity contribution in [3.05, 3.63) is 53.4 Å². The van der Waals surface area contributed by atoms with Gasteiger partial charge < -0.3 is 18.9 Å². The molecule has 3 aromatic rings. The number of nitrogens with zero attached hydrogens (tertiary/aromatic N) is 4. The predicted molar refractivity (Wildman–Crippen MR) is 138 cm³/mol. The summed E-state index contributed by atoms with van der Waals surface area (Å²) in [5.74, 6) is 1.55. The highest BCUT2D eigenvalue weighted by Crippen LogP contribution is 2.38. The Morgan fingerprint density at radius 3 is 2.65 bits per heavy atom. The third kappa shape index (κ3) is 4.65. The molecular formula is C28H32N4O5. The Balaban J connectivity index is 1.45. The zero-order chi connectivity index (χ0) is 26.1. The second-order valence-electron chi connectivity index (χ2n) is 9.64. The van der Waals surface area contributed by atoms with E-state index in [1.807, 2.05) is 51.1 Å². The van der Waals surface area contributed by atoms with Crippen LogP contribution in [0.3, 0.4) is 0 Å². The molecule has 2 unspecified atom stereocenters. The van der Waals surface area contributed by atoms with E-state index >= 15 is 0 Å². The largest absolute Gasteiger partial charge is 0.493 e. The molecule has 0 bridgehead atoms. The van der Waals surface area contributed by atoms with Gasteiger partial charge in [-0.15, -0.1) is 0 Å². The van der Waals surface area contributed by atoms with Gasteiger partial charge in [0.15, 0.2) is 11.5 Å². The van der Waals surface area contributed by atoms with Crippen LogP contribution in [0.4, 0.5) is 10.5 Å². The maximum atomic E-state index is 13.8. The fourth-order valence-electron chi connectivity index (χ4n) is 5.33. The standard InChI is InChI=1S/C28H32N4O5/c1-5-36-23-13-12-19(15-24(23)35-4)26-29-25(37-30-26)16-31-21-9-7-6-8-20(21)27(33)32(28(31)34)22-14-17(2)10-11-18(22)3/h10-15,20-21H,5-9,16H2,1-4H3. The molecule has 9 heteroatoms. The van der Waals surface area contributed by atoms with Crippen molar-refractivity contribution in [2.75, 3.05) is 18.6 Å². The third-order valence-electron chi connectivity index (χ3n) is 7.21. The Bertz CT molecular complexity index is 1320. The summed E-state index contributed by atoms with van der Waals surface area (Å²) in [4.78, 5) is 35.1. The second kappa shape index (κ2) is 10.2. The van der Waals surface area contributed by atoms with E-state index < -0.39 is 0 Å². The van der Waals surface area contributed by atoms with Crippen LogP contribution in [0.15, 0.2) is 40.9 Å². The minimum atomic E-state index is -0.343. The summed E-state index contributed by atoms with van der Waals surface area (Å²) in [7, 11) is 1.58. The zero-order valence-electron chi connectivity index (χ0n) is 21.7. The van der Waals surface area contributed by atoms with Gasteiger partial charge in [0.25, 0.3) is 0 Å². The number of amides is 3. The van der Waals surface area contributed by atoms with E-state index in [9.17, 15) is 9.59 Å². The van der Waals surface area contributed by atoms with Crippen molar-refractivity contribution in [2.24, 2.45) is 5.92 Å². The highest BCUT2D eigenvalue weighted by Gasteiger charge is 2.48. The minimum absolute atomic E-state index is 0.118. The summed E-state index contributed by atoms with van der Waals surface area (Å²) >= 11 is 0. The molecule has 0 radical (unpaired) electrons. The minimum Gasteiger partial charge on any atom is -0.493 e. The average molecular weight is 505 g/mol. The molecule has 1 saturated carbocycles. The number of imide groups is 1. The number of methoxy groups -OCH3 is 1. The number of ether oxygens (including phenoxy) is 2. The maximum Gasteiger partial charge on any atom is 0.332 e. The maximum absolute atomic E-state index is 13.8. The first-order valence-corrected chi connectivity index (χ1v) is 12.8. The van der Waals surface area contributed by atoms with Crippen molar-refractivity contribution >= 4 is 17.6 Å². The van der Waals surface area contributed by atoms with E-state index in [2.05, 4.69) is 10.1 Å². The van der Waals surface area contributed by atoms with Crippen LogP contribution in [0.1, 0.15) is 49.6 Å². The van der Waals surface area contributed by atoms with E-state index in [4.69, 9.17) is 14.0 Å². The van der Waals surface area contributed by atoms with Crippen LogP contribution in [0.5, 0.6) is 11.5 Å². The van der Waals surface area contributed by atoms with Gasteiger partial charge in [-0.05, 0) is 69.0 Å². The molecule has 1 aromatic heterocycles. The lowest BCUT2D eigenvalue weighted by molar-refractivity contribution is -0.127. The third-order valence-corrected chi connectivity index (χ3v) is 7.21. The zero-order valence-corrected chi connectivity index (χ0v) is 21.7. The number of fused-ring (bicyclic) bond motifs is 1. The summed E-state index contributed by atoms with van der Waals surface area (Å²) in [6.45, 7) is 6.44. The van der Waals surface area contributed by atoms with Crippen molar-refractivity contribution in [3.63, 3.8) is 0 Å². The normalized spacial score (nSPS) is 19.7. The number of urea groups is 1. The topological polar surface area (TPSA) is 98.0 Å². The van der Waals surface area contributed by atoms with Crippen molar-refractivity contribution in [1.82, 2.24) is 15.0 Å². The number of carbonyl (C=O) groups excluding carboxylic acids is 2. The average Bonchev–Trinajstić information content (AvgIpc) is 3.38. The van der Waals surface area contributed by atoms with E-state index in [1.54, 1.807) is 18.1 Å². The molecule has 1 aliphatic carbocycles. The van der Waals surface area contributed by atoms with Crippen molar-refractivity contribution in [1.29, 1.82) is 0 Å². The van der Waals surface area contributed by atoms with Crippen LogP contribution >= 0.6 is 0 Å². The van der Waals surface area contributed by atoms with Crippen LogP contribution < -0.4 is 14.4 Å². The van der Waals surface area contributed by atoms with Gasteiger partial charge in [-0.25, -0.2) is 9.69 Å². The molecule has 5 rings (SSSR count). The van der Waals surface area contributed by atoms with Crippen LogP contribution in [0, 0.1) is 19.8 Å². The molecule has 1 saturated heterocycles. The molecule has 9 nitrogen and oxygen atoms in total. The van der Waals surface area contributed by atoms with E-state index in [1.165, 1.54) is 4.90 Å². The van der Waals surface area contributed by atoms with Gasteiger partial charge in [-0.2, -0.15) is 4.98 Å². The van der Waals surface area contributed by atoms with Crippen molar-refractivity contribution in [3.8, 4) is 22.9 Å². The number of rotatable bonds is 7. The van der Waals surface area contributed by atoms with Crippen molar-refractivity contribution in [2.45, 2.75) is 59.0 Å². The Labute approximate surface area is 216 Å². The number of carbonyl (C=O) groups is 2. The van der Waals surface area contributed by atoms with Gasteiger partial charge in [-0.3, -0.25) is 4.79 Å². The van der Waals surface area contributed by atoms with Crippen molar-refractivity contribution < 1.29 is 23.6 Å². The van der Waals surface area contributed by atoms with Crippen LogP contribution in [-0.2, 0) is 11.3 Å². The molecule has 2 atom stereocenters. The van der Waals surface area contributed by atoms with Gasteiger partial charge in [-0.1, -0.05) is 30.1 Å². The summed E-state index contributed by atoms with van der Waals surface area (Å²) in [5.41, 5.74) is 3.22. The summed E-state index contributed by atoms with van der Waals surface area (Å²) in [5, 5.41) is 4.15. The van der Waals surface area contributed by atoms with Gasteiger partial charge >= 0.3 is 6.03 Å². The first-order valence-electron chi connectivity index (χ1n) is 12.8. The quantitative estimate of drug-likeness (QED) is 0.431.